The number of carbonyl (C=O) groups is 1. The number of thiol groups is 1. The second-order valence-electron chi connectivity index (χ2n) is 5.42. The number of anilines is 1. The molecule has 0 radical (unpaired) electrons. The van der Waals surface area contributed by atoms with Crippen molar-refractivity contribution in [1.82, 2.24) is 9.97 Å². The summed E-state index contributed by atoms with van der Waals surface area (Å²) in [5, 5.41) is 11.7. The van der Waals surface area contributed by atoms with Gasteiger partial charge in [0.25, 0.3) is 5.91 Å². The van der Waals surface area contributed by atoms with E-state index >= 15 is 0 Å². The molecule has 1 aromatic carbocycles. The van der Waals surface area contributed by atoms with Gasteiger partial charge in [-0.3, -0.25) is 4.79 Å². The number of aromatic amines is 1. The van der Waals surface area contributed by atoms with Gasteiger partial charge in [0.1, 0.15) is 11.8 Å². The van der Waals surface area contributed by atoms with E-state index in [1.807, 2.05) is 24.3 Å². The molecule has 0 fully saturated rings. The van der Waals surface area contributed by atoms with Crippen LogP contribution in [0.15, 0.2) is 35.4 Å². The number of hydrogen-bond acceptors (Lipinski definition) is 4. The third-order valence-electron chi connectivity index (χ3n) is 3.80. The fourth-order valence-electron chi connectivity index (χ4n) is 2.66. The summed E-state index contributed by atoms with van der Waals surface area (Å²) >= 11 is 4.40. The average molecular weight is 324 g/mol. The summed E-state index contributed by atoms with van der Waals surface area (Å²) in [6, 6.07) is 7.58. The predicted octanol–water partition coefficient (Wildman–Crippen LogP) is 3.78. The van der Waals surface area contributed by atoms with E-state index in [9.17, 15) is 4.79 Å². The Morgan fingerprint density at radius 1 is 1.39 bits per heavy atom. The van der Waals surface area contributed by atoms with Crippen LogP contribution in [0.4, 0.5) is 5.69 Å². The van der Waals surface area contributed by atoms with Gasteiger partial charge in [0.05, 0.1) is 6.20 Å². The lowest BCUT2D eigenvalue weighted by Gasteiger charge is -2.17. The molecule has 2 N–H and O–H groups in total. The molecule has 23 heavy (non-hydrogen) atoms. The Labute approximate surface area is 139 Å². The fraction of sp³-hybridized carbons (Fsp3) is 0.235. The van der Waals surface area contributed by atoms with Gasteiger partial charge in [-0.2, -0.15) is 5.26 Å². The summed E-state index contributed by atoms with van der Waals surface area (Å²) in [6.45, 7) is 0. The summed E-state index contributed by atoms with van der Waals surface area (Å²) in [7, 11) is 0. The molecular formula is C17H16N4OS. The number of nitrogens with one attached hydrogen (secondary N) is 2. The van der Waals surface area contributed by atoms with E-state index in [1.165, 1.54) is 18.2 Å². The average Bonchev–Trinajstić information content (AvgIpc) is 3.06. The molecule has 1 heterocycles. The first-order valence-electron chi connectivity index (χ1n) is 7.46. The molecule has 0 spiro atoms. The SMILES string of the molecule is N#Cc1cnc(C(=O)Nc2ccc(S)cc2C2=CCCCC2)[nH]1. The van der Waals surface area contributed by atoms with Crippen LogP contribution in [0, 0.1) is 11.3 Å². The van der Waals surface area contributed by atoms with Crippen LogP contribution in [-0.2, 0) is 0 Å². The van der Waals surface area contributed by atoms with Crippen molar-refractivity contribution in [3.8, 4) is 6.07 Å². The molecule has 0 atom stereocenters. The van der Waals surface area contributed by atoms with E-state index in [1.54, 1.807) is 0 Å². The Morgan fingerprint density at radius 2 is 2.26 bits per heavy atom. The Morgan fingerprint density at radius 3 is 2.96 bits per heavy atom. The number of rotatable bonds is 3. The number of allylic oxidation sites excluding steroid dienone is 2. The normalized spacial score (nSPS) is 14.0. The number of aromatic nitrogens is 2. The van der Waals surface area contributed by atoms with Crippen LogP contribution in [0.5, 0.6) is 0 Å². The van der Waals surface area contributed by atoms with Crippen LogP contribution in [-0.4, -0.2) is 15.9 Å². The second-order valence-corrected chi connectivity index (χ2v) is 5.93. The molecule has 1 aliphatic rings. The number of nitrogens with zero attached hydrogens (tertiary/aromatic N) is 2. The summed E-state index contributed by atoms with van der Waals surface area (Å²) < 4.78 is 0. The van der Waals surface area contributed by atoms with Gasteiger partial charge < -0.3 is 10.3 Å². The van der Waals surface area contributed by atoms with Gasteiger partial charge in [-0.05, 0) is 49.5 Å². The largest absolute Gasteiger partial charge is 0.326 e. The number of imidazole rings is 1. The molecule has 1 amide bonds. The van der Waals surface area contributed by atoms with E-state index in [-0.39, 0.29) is 17.4 Å². The number of nitriles is 1. The molecular weight excluding hydrogens is 308 g/mol. The minimum Gasteiger partial charge on any atom is -0.326 e. The highest BCUT2D eigenvalue weighted by atomic mass is 32.1. The lowest BCUT2D eigenvalue weighted by molar-refractivity contribution is 0.101. The third kappa shape index (κ3) is 3.46. The molecule has 116 valence electrons. The van der Waals surface area contributed by atoms with Crippen molar-refractivity contribution >= 4 is 29.8 Å². The minimum absolute atomic E-state index is 0.125. The molecule has 0 bridgehead atoms. The topological polar surface area (TPSA) is 81.6 Å². The van der Waals surface area contributed by atoms with Crippen LogP contribution in [0.3, 0.4) is 0 Å². The second kappa shape index (κ2) is 6.71. The van der Waals surface area contributed by atoms with Crippen molar-refractivity contribution in [2.75, 3.05) is 5.32 Å². The maximum absolute atomic E-state index is 12.3. The Balaban J connectivity index is 1.89. The molecule has 5 nitrogen and oxygen atoms in total. The number of benzene rings is 1. The number of carbonyl (C=O) groups excluding carboxylic acids is 1. The molecule has 1 aromatic heterocycles. The first-order valence-corrected chi connectivity index (χ1v) is 7.91. The highest BCUT2D eigenvalue weighted by Crippen LogP contribution is 2.33. The summed E-state index contributed by atoms with van der Waals surface area (Å²) in [5.74, 6) is -0.240. The predicted molar refractivity (Wildman–Crippen MR) is 91.4 cm³/mol. The summed E-state index contributed by atoms with van der Waals surface area (Å²) in [4.78, 5) is 19.8. The van der Waals surface area contributed by atoms with Crippen molar-refractivity contribution in [2.24, 2.45) is 0 Å². The zero-order chi connectivity index (χ0) is 16.2. The molecule has 3 rings (SSSR count). The van der Waals surface area contributed by atoms with E-state index in [0.717, 1.165) is 35.4 Å². The van der Waals surface area contributed by atoms with Crippen molar-refractivity contribution in [3.05, 3.63) is 47.6 Å². The summed E-state index contributed by atoms with van der Waals surface area (Å²) in [5.41, 5.74) is 3.23. The Kier molecular flexibility index (Phi) is 4.49. The number of amides is 1. The highest BCUT2D eigenvalue weighted by Gasteiger charge is 2.16. The van der Waals surface area contributed by atoms with Gasteiger partial charge >= 0.3 is 0 Å². The fourth-order valence-corrected chi connectivity index (χ4v) is 2.87. The first kappa shape index (κ1) is 15.4. The highest BCUT2D eigenvalue weighted by molar-refractivity contribution is 7.80. The molecule has 2 aromatic rings. The van der Waals surface area contributed by atoms with Gasteiger partial charge in [0, 0.05) is 16.1 Å². The van der Waals surface area contributed by atoms with E-state index in [4.69, 9.17) is 5.26 Å². The van der Waals surface area contributed by atoms with Crippen LogP contribution in [0.25, 0.3) is 5.57 Å². The maximum atomic E-state index is 12.3. The van der Waals surface area contributed by atoms with Gasteiger partial charge in [-0.15, -0.1) is 12.6 Å². The number of H-pyrrole nitrogens is 1. The molecule has 0 saturated carbocycles. The summed E-state index contributed by atoms with van der Waals surface area (Å²) in [6.07, 6.45) is 7.98. The van der Waals surface area contributed by atoms with Gasteiger partial charge in [0.2, 0.25) is 0 Å². The van der Waals surface area contributed by atoms with Crippen LogP contribution in [0.2, 0.25) is 0 Å². The molecule has 0 unspecified atom stereocenters. The van der Waals surface area contributed by atoms with E-state index in [2.05, 4.69) is 34.0 Å². The zero-order valence-electron chi connectivity index (χ0n) is 12.5. The molecule has 6 heteroatoms. The van der Waals surface area contributed by atoms with Crippen molar-refractivity contribution in [2.45, 2.75) is 30.6 Å². The van der Waals surface area contributed by atoms with Crippen molar-refractivity contribution < 1.29 is 4.79 Å². The van der Waals surface area contributed by atoms with Gasteiger partial charge in [-0.1, -0.05) is 6.08 Å². The van der Waals surface area contributed by atoms with Gasteiger partial charge in [0.15, 0.2) is 5.82 Å². The standard InChI is InChI=1S/C17H16N4OS/c18-9-12-10-19-16(20-12)17(22)21-15-7-6-13(23)8-14(15)11-4-2-1-3-5-11/h4,6-8,10,23H,1-3,5H2,(H,19,20)(H,21,22). The van der Waals surface area contributed by atoms with Crippen LogP contribution >= 0.6 is 12.6 Å². The van der Waals surface area contributed by atoms with Crippen molar-refractivity contribution in [1.29, 1.82) is 5.26 Å². The first-order chi connectivity index (χ1) is 11.2. The lowest BCUT2D eigenvalue weighted by atomic mass is 9.92. The zero-order valence-corrected chi connectivity index (χ0v) is 13.4. The van der Waals surface area contributed by atoms with E-state index < -0.39 is 0 Å². The lowest BCUT2D eigenvalue weighted by Crippen LogP contribution is -2.15. The maximum Gasteiger partial charge on any atom is 0.291 e. The third-order valence-corrected chi connectivity index (χ3v) is 4.08. The quantitative estimate of drug-likeness (QED) is 0.752. The minimum atomic E-state index is -0.365. The van der Waals surface area contributed by atoms with Crippen LogP contribution < -0.4 is 5.32 Å². The smallest absolute Gasteiger partial charge is 0.291 e. The molecule has 0 aliphatic heterocycles. The monoisotopic (exact) mass is 324 g/mol. The molecule has 0 saturated heterocycles. The number of hydrogen-bond donors (Lipinski definition) is 3. The Hall–Kier alpha value is -2.52. The van der Waals surface area contributed by atoms with Crippen molar-refractivity contribution in [3.63, 3.8) is 0 Å². The van der Waals surface area contributed by atoms with Crippen LogP contribution in [0.1, 0.15) is 47.6 Å². The Bertz CT molecular complexity index is 816. The molecule has 1 aliphatic carbocycles. The van der Waals surface area contributed by atoms with E-state index in [0.29, 0.717) is 0 Å². The van der Waals surface area contributed by atoms with Gasteiger partial charge in [-0.25, -0.2) is 4.98 Å².